The normalized spacial score (nSPS) is 20.1. The van der Waals surface area contributed by atoms with E-state index in [0.29, 0.717) is 37.4 Å². The molecule has 2 saturated carbocycles. The summed E-state index contributed by atoms with van der Waals surface area (Å²) < 4.78 is 32.9. The lowest BCUT2D eigenvalue weighted by Gasteiger charge is -2.54. The summed E-state index contributed by atoms with van der Waals surface area (Å²) in [7, 11) is 0. The predicted octanol–water partition coefficient (Wildman–Crippen LogP) is 6.94. The first-order valence-corrected chi connectivity index (χ1v) is 14.7. The fraction of sp³-hybridized carbons (Fsp3) is 0.515. The molecule has 0 amide bonds. The second kappa shape index (κ2) is 10.5. The highest BCUT2D eigenvalue weighted by atomic mass is 19.1. The number of carbonyl (C=O) groups excluding carboxylic acids is 2. The van der Waals surface area contributed by atoms with Crippen molar-refractivity contribution in [3.63, 3.8) is 0 Å². The molecule has 3 aromatic rings. The molecule has 3 aliphatic rings. The number of pyridine rings is 1. The summed E-state index contributed by atoms with van der Waals surface area (Å²) in [6.07, 6.45) is 10.2. The van der Waals surface area contributed by atoms with Gasteiger partial charge in [-0.15, -0.1) is 0 Å². The van der Waals surface area contributed by atoms with Crippen molar-refractivity contribution in [3.8, 4) is 11.3 Å². The second-order valence-corrected chi connectivity index (χ2v) is 13.4. The Kier molecular flexibility index (Phi) is 7.17. The maximum atomic E-state index is 14.3. The first kappa shape index (κ1) is 27.9. The summed E-state index contributed by atoms with van der Waals surface area (Å²) in [6, 6.07) is 10.8. The van der Waals surface area contributed by atoms with Gasteiger partial charge in [-0.05, 0) is 68.2 Å². The Morgan fingerprint density at radius 1 is 1.02 bits per heavy atom. The van der Waals surface area contributed by atoms with E-state index >= 15 is 0 Å². The Morgan fingerprint density at radius 2 is 1.78 bits per heavy atom. The smallest absolute Gasteiger partial charge is 0.185 e. The van der Waals surface area contributed by atoms with Crippen LogP contribution in [0.15, 0.2) is 53.2 Å². The topological polar surface area (TPSA) is 76.3 Å². The molecule has 0 atom stereocenters. The van der Waals surface area contributed by atoms with Crippen LogP contribution in [0.3, 0.4) is 0 Å². The molecule has 216 valence electrons. The monoisotopic (exact) mass is 561 g/mol. The number of aromatic nitrogens is 2. The molecule has 0 radical (unpaired) electrons. The van der Waals surface area contributed by atoms with Gasteiger partial charge in [-0.25, -0.2) is 8.78 Å². The Hall–Kier alpha value is -3.26. The maximum Gasteiger partial charge on any atom is 0.185 e. The van der Waals surface area contributed by atoms with Gasteiger partial charge in [-0.2, -0.15) is 0 Å². The van der Waals surface area contributed by atoms with Crippen LogP contribution < -0.4 is 0 Å². The van der Waals surface area contributed by atoms with Gasteiger partial charge in [0, 0.05) is 73.2 Å². The zero-order chi connectivity index (χ0) is 28.8. The first-order chi connectivity index (χ1) is 19.6. The quantitative estimate of drug-likeness (QED) is 0.250. The molecule has 1 spiro atoms. The van der Waals surface area contributed by atoms with Crippen molar-refractivity contribution in [2.75, 3.05) is 13.1 Å². The highest BCUT2D eigenvalue weighted by Gasteiger charge is 2.51. The molecule has 2 aromatic heterocycles. The number of nitrogens with zero attached hydrogens (tertiary/aromatic N) is 3. The van der Waals surface area contributed by atoms with E-state index in [9.17, 15) is 18.4 Å². The van der Waals surface area contributed by atoms with Crippen molar-refractivity contribution < 1.29 is 22.9 Å². The molecule has 1 saturated heterocycles. The molecule has 3 fully saturated rings. The van der Waals surface area contributed by atoms with Gasteiger partial charge in [0.2, 0.25) is 0 Å². The summed E-state index contributed by atoms with van der Waals surface area (Å²) in [6.45, 7) is 5.45. The number of carbonyl (C=O) groups is 2. The van der Waals surface area contributed by atoms with Gasteiger partial charge >= 0.3 is 0 Å². The fourth-order valence-corrected chi connectivity index (χ4v) is 7.10. The predicted molar refractivity (Wildman–Crippen MR) is 150 cm³/mol. The van der Waals surface area contributed by atoms with Crippen molar-refractivity contribution >= 4 is 11.6 Å². The minimum Gasteiger partial charge on any atom is -0.355 e. The van der Waals surface area contributed by atoms with E-state index in [2.05, 4.69) is 15.0 Å². The van der Waals surface area contributed by atoms with Crippen molar-refractivity contribution in [3.05, 3.63) is 71.7 Å². The van der Waals surface area contributed by atoms with E-state index < -0.39 is 22.5 Å². The Morgan fingerprint density at radius 3 is 2.44 bits per heavy atom. The third kappa shape index (κ3) is 5.89. The van der Waals surface area contributed by atoms with Crippen molar-refractivity contribution in [1.29, 1.82) is 0 Å². The Balaban J connectivity index is 1.16. The lowest BCUT2D eigenvalue weighted by atomic mass is 9.68. The van der Waals surface area contributed by atoms with Crippen LogP contribution in [0.1, 0.15) is 87.8 Å². The van der Waals surface area contributed by atoms with Crippen LogP contribution in [0.5, 0.6) is 0 Å². The highest BCUT2D eigenvalue weighted by Crippen LogP contribution is 2.57. The minimum atomic E-state index is -0.784. The molecule has 0 bridgehead atoms. The number of rotatable bonds is 10. The van der Waals surface area contributed by atoms with Crippen LogP contribution in [-0.2, 0) is 10.2 Å². The average Bonchev–Trinajstić information content (AvgIpc) is 3.48. The summed E-state index contributed by atoms with van der Waals surface area (Å²) in [4.78, 5) is 33.9. The van der Waals surface area contributed by atoms with E-state index in [4.69, 9.17) is 4.52 Å². The number of hydrogen-bond acceptors (Lipinski definition) is 6. The molecule has 6 nitrogen and oxygen atoms in total. The molecule has 3 heterocycles. The molecular formula is C33H37F2N3O3. The van der Waals surface area contributed by atoms with Crippen LogP contribution >= 0.6 is 0 Å². The lowest BCUT2D eigenvalue weighted by molar-refractivity contribution is -0.128. The zero-order valence-electron chi connectivity index (χ0n) is 23.8. The van der Waals surface area contributed by atoms with Crippen LogP contribution in [-0.4, -0.2) is 45.7 Å². The first-order valence-electron chi connectivity index (χ1n) is 14.7. The van der Waals surface area contributed by atoms with E-state index in [0.717, 1.165) is 17.8 Å². The van der Waals surface area contributed by atoms with E-state index in [1.807, 2.05) is 32.0 Å². The zero-order valence-corrected chi connectivity index (χ0v) is 23.8. The standard InChI is InChI=1S/C33H37F2N3O3/c1-31(2,30-5-3-4-14-36-30)17-24(39)18-33(20-38(21-33)23-8-10-32(11-9-23)12-13-32)19-28(40)27-16-29(41-37-27)25-7-6-22(34)15-26(25)35/h3-7,14-16,23H,8-13,17-21H2,1-2H3. The van der Waals surface area contributed by atoms with Crippen molar-refractivity contribution in [1.82, 2.24) is 15.0 Å². The third-order valence-corrected chi connectivity index (χ3v) is 9.66. The number of halogens is 2. The SMILES string of the molecule is CC(C)(CC(=O)CC1(CC(=O)c2cc(-c3ccc(F)cc3F)on2)CN(C2CCC3(CC2)CC3)C1)c1ccccn1. The number of benzene rings is 1. The van der Waals surface area contributed by atoms with Crippen molar-refractivity contribution in [2.24, 2.45) is 10.8 Å². The number of ketones is 2. The third-order valence-electron chi connectivity index (χ3n) is 9.66. The van der Waals surface area contributed by atoms with Gasteiger partial charge in [0.25, 0.3) is 0 Å². The highest BCUT2D eigenvalue weighted by molar-refractivity contribution is 5.96. The van der Waals surface area contributed by atoms with Crippen LogP contribution in [0.4, 0.5) is 8.78 Å². The fourth-order valence-electron chi connectivity index (χ4n) is 7.10. The molecule has 2 aliphatic carbocycles. The van der Waals surface area contributed by atoms with E-state index in [1.165, 1.54) is 50.7 Å². The van der Waals surface area contributed by atoms with E-state index in [1.54, 1.807) is 6.20 Å². The van der Waals surface area contributed by atoms with Crippen LogP contribution in [0, 0.1) is 22.5 Å². The minimum absolute atomic E-state index is 0.0418. The molecular weight excluding hydrogens is 524 g/mol. The summed E-state index contributed by atoms with van der Waals surface area (Å²) in [5.41, 5.74) is 0.707. The molecule has 0 unspecified atom stereocenters. The van der Waals surface area contributed by atoms with Gasteiger partial charge < -0.3 is 4.52 Å². The van der Waals surface area contributed by atoms with Gasteiger partial charge in [0.1, 0.15) is 23.1 Å². The van der Waals surface area contributed by atoms with Gasteiger partial charge in [0.15, 0.2) is 11.5 Å². The second-order valence-electron chi connectivity index (χ2n) is 13.4. The molecule has 41 heavy (non-hydrogen) atoms. The number of Topliss-reactive ketones (excluding diaryl/α,β-unsaturated/α-hetero) is 2. The molecule has 1 aliphatic heterocycles. The van der Waals surface area contributed by atoms with Crippen molar-refractivity contribution in [2.45, 2.75) is 83.1 Å². The molecule has 6 rings (SSSR count). The van der Waals surface area contributed by atoms with Crippen LogP contribution in [0.25, 0.3) is 11.3 Å². The largest absolute Gasteiger partial charge is 0.355 e. The summed E-state index contributed by atoms with van der Waals surface area (Å²) in [5, 5.41) is 3.92. The summed E-state index contributed by atoms with van der Waals surface area (Å²) >= 11 is 0. The average molecular weight is 562 g/mol. The Labute approximate surface area is 239 Å². The number of likely N-dealkylation sites (tertiary alicyclic amines) is 1. The van der Waals surface area contributed by atoms with Crippen LogP contribution in [0.2, 0.25) is 0 Å². The molecule has 8 heteroatoms. The Bertz CT molecular complexity index is 1430. The van der Waals surface area contributed by atoms with E-state index in [-0.39, 0.29) is 35.0 Å². The maximum absolute atomic E-state index is 14.3. The van der Waals surface area contributed by atoms with Gasteiger partial charge in [-0.3, -0.25) is 19.5 Å². The van der Waals surface area contributed by atoms with Gasteiger partial charge in [-0.1, -0.05) is 25.1 Å². The molecule has 0 N–H and O–H groups in total. The van der Waals surface area contributed by atoms with Gasteiger partial charge in [0.05, 0.1) is 5.56 Å². The molecule has 1 aromatic carbocycles. The lowest BCUT2D eigenvalue weighted by Crippen LogP contribution is -2.61. The summed E-state index contributed by atoms with van der Waals surface area (Å²) in [5.74, 6) is -1.53. The number of hydrogen-bond donors (Lipinski definition) is 0.